The van der Waals surface area contributed by atoms with E-state index < -0.39 is 12.0 Å². The van der Waals surface area contributed by atoms with Gasteiger partial charge in [0.1, 0.15) is 11.8 Å². The number of rotatable bonds is 2. The molecule has 1 saturated heterocycles. The highest BCUT2D eigenvalue weighted by Gasteiger charge is 2.37. The Morgan fingerprint density at radius 3 is 2.08 bits per heavy atom. The number of aliphatic carboxylic acids is 1. The number of Topliss-reactive ketones (excluding diaryl/α,β-unsaturated/α-hetero) is 1. The lowest BCUT2D eigenvalue weighted by Gasteiger charge is -2.20. The van der Waals surface area contributed by atoms with Crippen LogP contribution in [0.15, 0.2) is 0 Å². The molecular formula is C8H13NO3. The molecule has 0 aromatic carbocycles. The second-order valence-electron chi connectivity index (χ2n) is 3.22. The van der Waals surface area contributed by atoms with Crippen LogP contribution in [0, 0.1) is 0 Å². The van der Waals surface area contributed by atoms with Crippen LogP contribution in [0.25, 0.3) is 0 Å². The van der Waals surface area contributed by atoms with Crippen molar-refractivity contribution in [1.29, 1.82) is 0 Å². The van der Waals surface area contributed by atoms with Gasteiger partial charge in [-0.3, -0.25) is 14.5 Å². The smallest absolute Gasteiger partial charge is 0.320 e. The van der Waals surface area contributed by atoms with Crippen molar-refractivity contribution in [2.45, 2.75) is 31.8 Å². The number of hydrogen-bond donors (Lipinski definition) is 1. The first-order valence-electron chi connectivity index (χ1n) is 3.99. The van der Waals surface area contributed by atoms with Crippen molar-refractivity contribution in [1.82, 2.24) is 4.90 Å². The number of likely N-dealkylation sites (N-methyl/N-ethyl adjacent to an activating group) is 1. The molecule has 1 rings (SSSR count). The van der Waals surface area contributed by atoms with Crippen molar-refractivity contribution in [3.63, 3.8) is 0 Å². The molecule has 0 bridgehead atoms. The second-order valence-corrected chi connectivity index (χ2v) is 3.22. The minimum Gasteiger partial charge on any atom is -0.480 e. The largest absolute Gasteiger partial charge is 0.480 e. The van der Waals surface area contributed by atoms with Crippen molar-refractivity contribution in [3.05, 3.63) is 0 Å². The number of carbonyl (C=O) groups is 2. The third-order valence-electron chi connectivity index (χ3n) is 2.45. The van der Waals surface area contributed by atoms with Crippen molar-refractivity contribution < 1.29 is 14.7 Å². The number of hydrogen-bond acceptors (Lipinski definition) is 3. The monoisotopic (exact) mass is 171 g/mol. The molecule has 0 amide bonds. The first kappa shape index (κ1) is 9.19. The zero-order valence-electron chi connectivity index (χ0n) is 7.28. The molecule has 68 valence electrons. The number of carboxylic acid groups (broad SMARTS) is 1. The fraction of sp³-hybridized carbons (Fsp3) is 0.750. The van der Waals surface area contributed by atoms with Gasteiger partial charge in [-0.25, -0.2) is 0 Å². The summed E-state index contributed by atoms with van der Waals surface area (Å²) in [7, 11) is 1.69. The fourth-order valence-corrected chi connectivity index (χ4v) is 1.73. The molecule has 0 aromatic heterocycles. The van der Waals surface area contributed by atoms with Crippen LogP contribution in [0.4, 0.5) is 0 Å². The summed E-state index contributed by atoms with van der Waals surface area (Å²) in [5.41, 5.74) is 0. The zero-order valence-corrected chi connectivity index (χ0v) is 7.28. The Kier molecular flexibility index (Phi) is 2.47. The number of carboxylic acids is 1. The summed E-state index contributed by atoms with van der Waals surface area (Å²) in [6.07, 6.45) is 1.25. The topological polar surface area (TPSA) is 57.6 Å². The van der Waals surface area contributed by atoms with Gasteiger partial charge in [-0.2, -0.15) is 0 Å². The molecule has 0 aromatic rings. The summed E-state index contributed by atoms with van der Waals surface area (Å²) < 4.78 is 0. The number of nitrogens with zero attached hydrogens (tertiary/aromatic N) is 1. The molecule has 1 aliphatic heterocycles. The van der Waals surface area contributed by atoms with E-state index in [-0.39, 0.29) is 11.8 Å². The Morgan fingerprint density at radius 1 is 1.33 bits per heavy atom. The van der Waals surface area contributed by atoms with Gasteiger partial charge in [-0.05, 0) is 26.8 Å². The lowest BCUT2D eigenvalue weighted by atomic mass is 10.1. The highest BCUT2D eigenvalue weighted by atomic mass is 16.4. The third kappa shape index (κ3) is 1.48. The average molecular weight is 171 g/mol. The number of carbonyl (C=O) groups excluding carboxylic acids is 1. The van der Waals surface area contributed by atoms with Gasteiger partial charge in [-0.1, -0.05) is 0 Å². The minimum absolute atomic E-state index is 0.0567. The van der Waals surface area contributed by atoms with E-state index in [1.165, 1.54) is 6.92 Å². The SMILES string of the molecule is CC(=O)[C@@H]1CC[C@H](C(=O)O)N1C. The van der Waals surface area contributed by atoms with E-state index in [4.69, 9.17) is 5.11 Å². The van der Waals surface area contributed by atoms with E-state index in [2.05, 4.69) is 0 Å². The zero-order chi connectivity index (χ0) is 9.30. The van der Waals surface area contributed by atoms with Crippen LogP contribution in [-0.4, -0.2) is 40.9 Å². The fourth-order valence-electron chi connectivity index (χ4n) is 1.73. The summed E-state index contributed by atoms with van der Waals surface area (Å²) >= 11 is 0. The molecular weight excluding hydrogens is 158 g/mol. The molecule has 12 heavy (non-hydrogen) atoms. The van der Waals surface area contributed by atoms with Crippen LogP contribution in [-0.2, 0) is 9.59 Å². The number of likely N-dealkylation sites (tertiary alicyclic amines) is 1. The summed E-state index contributed by atoms with van der Waals surface area (Å²) in [6.45, 7) is 1.51. The van der Waals surface area contributed by atoms with Gasteiger partial charge >= 0.3 is 5.97 Å². The molecule has 1 heterocycles. The van der Waals surface area contributed by atoms with Crippen LogP contribution in [0.5, 0.6) is 0 Å². The third-order valence-corrected chi connectivity index (χ3v) is 2.45. The Labute approximate surface area is 71.2 Å². The van der Waals surface area contributed by atoms with Gasteiger partial charge in [0.05, 0.1) is 6.04 Å². The van der Waals surface area contributed by atoms with Gasteiger partial charge in [0.15, 0.2) is 0 Å². The normalized spacial score (nSPS) is 30.5. The van der Waals surface area contributed by atoms with Crippen LogP contribution in [0.3, 0.4) is 0 Å². The van der Waals surface area contributed by atoms with Gasteiger partial charge in [0.25, 0.3) is 0 Å². The molecule has 0 unspecified atom stereocenters. The lowest BCUT2D eigenvalue weighted by Crippen LogP contribution is -2.40. The highest BCUT2D eigenvalue weighted by molar-refractivity contribution is 5.84. The molecule has 0 radical (unpaired) electrons. The minimum atomic E-state index is -0.832. The van der Waals surface area contributed by atoms with E-state index in [1.54, 1.807) is 11.9 Å². The van der Waals surface area contributed by atoms with Crippen molar-refractivity contribution in [2.75, 3.05) is 7.05 Å². The molecule has 2 atom stereocenters. The molecule has 1 aliphatic rings. The number of ketones is 1. The van der Waals surface area contributed by atoms with Crippen molar-refractivity contribution in [3.8, 4) is 0 Å². The first-order chi connectivity index (χ1) is 5.54. The molecule has 1 fully saturated rings. The maximum atomic E-state index is 11.0. The maximum Gasteiger partial charge on any atom is 0.320 e. The molecule has 1 N–H and O–H groups in total. The quantitative estimate of drug-likeness (QED) is 0.641. The summed E-state index contributed by atoms with van der Waals surface area (Å²) in [5.74, 6) is -0.775. The Balaban J connectivity index is 2.67. The van der Waals surface area contributed by atoms with E-state index in [0.717, 1.165) is 0 Å². The lowest BCUT2D eigenvalue weighted by molar-refractivity contribution is -0.142. The Morgan fingerprint density at radius 2 is 1.83 bits per heavy atom. The van der Waals surface area contributed by atoms with Crippen LogP contribution < -0.4 is 0 Å². The molecule has 0 saturated carbocycles. The van der Waals surface area contributed by atoms with Crippen LogP contribution in [0.1, 0.15) is 19.8 Å². The van der Waals surface area contributed by atoms with Gasteiger partial charge < -0.3 is 5.11 Å². The Hall–Kier alpha value is -0.900. The van der Waals surface area contributed by atoms with Crippen LogP contribution in [0.2, 0.25) is 0 Å². The summed E-state index contributed by atoms with van der Waals surface area (Å²) in [4.78, 5) is 23.3. The van der Waals surface area contributed by atoms with Gasteiger partial charge in [0, 0.05) is 0 Å². The van der Waals surface area contributed by atoms with E-state index in [0.29, 0.717) is 12.8 Å². The van der Waals surface area contributed by atoms with Gasteiger partial charge in [0.2, 0.25) is 0 Å². The van der Waals surface area contributed by atoms with E-state index in [9.17, 15) is 9.59 Å². The standard InChI is InChI=1S/C8H13NO3/c1-5(10)6-3-4-7(8(11)12)9(6)2/h6-7H,3-4H2,1-2H3,(H,11,12)/t6-,7+/m0/s1. The predicted octanol–water partition coefficient (Wildman–Crippen LogP) is 0.123. The molecule has 4 heteroatoms. The van der Waals surface area contributed by atoms with Crippen molar-refractivity contribution in [2.24, 2.45) is 0 Å². The summed E-state index contributed by atoms with van der Waals surface area (Å²) in [5, 5.41) is 8.73. The van der Waals surface area contributed by atoms with Crippen LogP contribution >= 0.6 is 0 Å². The summed E-state index contributed by atoms with van der Waals surface area (Å²) in [6, 6.07) is -0.662. The first-order valence-corrected chi connectivity index (χ1v) is 3.99. The highest BCUT2D eigenvalue weighted by Crippen LogP contribution is 2.22. The predicted molar refractivity (Wildman–Crippen MR) is 42.9 cm³/mol. The maximum absolute atomic E-state index is 11.0. The van der Waals surface area contributed by atoms with Gasteiger partial charge in [-0.15, -0.1) is 0 Å². The average Bonchev–Trinajstić information content (AvgIpc) is 2.30. The molecule has 0 aliphatic carbocycles. The Bertz CT molecular complexity index is 192. The molecule has 4 nitrogen and oxygen atoms in total. The van der Waals surface area contributed by atoms with Crippen molar-refractivity contribution >= 4 is 11.8 Å². The molecule has 0 spiro atoms. The van der Waals surface area contributed by atoms with E-state index >= 15 is 0 Å². The second kappa shape index (κ2) is 3.23. The van der Waals surface area contributed by atoms with E-state index in [1.807, 2.05) is 0 Å².